The molecule has 1 rings (SSSR count). The topological polar surface area (TPSA) is 20.3 Å². The summed E-state index contributed by atoms with van der Waals surface area (Å²) in [5.74, 6) is -5.72. The van der Waals surface area contributed by atoms with Crippen LogP contribution in [0, 0.1) is 0 Å². The third-order valence-corrected chi connectivity index (χ3v) is 2.56. The van der Waals surface area contributed by atoms with E-state index in [1.54, 1.807) is 0 Å². The monoisotopic (exact) mass is 217 g/mol. The molecule has 7 heteroatoms. The number of carbonyl (C=O) groups is 1. The molecule has 0 spiro atoms. The van der Waals surface area contributed by atoms with Gasteiger partial charge in [0.05, 0.1) is 5.88 Å². The van der Waals surface area contributed by atoms with Gasteiger partial charge in [0.15, 0.2) is 0 Å². The molecule has 0 aromatic rings. The first kappa shape index (κ1) is 10.6. The van der Waals surface area contributed by atoms with Gasteiger partial charge in [-0.3, -0.25) is 4.79 Å². The predicted molar refractivity (Wildman–Crippen MR) is 40.0 cm³/mol. The van der Waals surface area contributed by atoms with Crippen LogP contribution in [0.1, 0.15) is 0 Å². The van der Waals surface area contributed by atoms with Crippen LogP contribution in [-0.2, 0) is 4.79 Å². The molecular formula is C6H7F4NOS. The van der Waals surface area contributed by atoms with Gasteiger partial charge in [-0.15, -0.1) is 11.8 Å². The standard InChI is InChI=1S/C6H7F4NOS/c7-4(8)6(9,10)5(12)11-1-2-13-3-11/h4H,1-3H2. The first-order chi connectivity index (χ1) is 5.96. The summed E-state index contributed by atoms with van der Waals surface area (Å²) in [6, 6.07) is 0. The molecule has 76 valence electrons. The van der Waals surface area contributed by atoms with Gasteiger partial charge in [-0.05, 0) is 0 Å². The number of hydrogen-bond acceptors (Lipinski definition) is 2. The SMILES string of the molecule is O=C(N1CCSC1)C(F)(F)C(F)F. The van der Waals surface area contributed by atoms with E-state index in [2.05, 4.69) is 0 Å². The fraction of sp³-hybridized carbons (Fsp3) is 0.833. The molecule has 13 heavy (non-hydrogen) atoms. The van der Waals surface area contributed by atoms with E-state index in [-0.39, 0.29) is 12.4 Å². The van der Waals surface area contributed by atoms with Crippen LogP contribution in [-0.4, -0.2) is 41.3 Å². The average molecular weight is 217 g/mol. The smallest absolute Gasteiger partial charge is 0.327 e. The Kier molecular flexibility index (Phi) is 3.05. The Morgan fingerprint density at radius 2 is 2.08 bits per heavy atom. The summed E-state index contributed by atoms with van der Waals surface area (Å²) in [6.07, 6.45) is -3.93. The van der Waals surface area contributed by atoms with Gasteiger partial charge in [0.25, 0.3) is 5.91 Å². The summed E-state index contributed by atoms with van der Waals surface area (Å²) in [7, 11) is 0. The molecule has 0 aromatic heterocycles. The molecule has 1 aliphatic rings. The minimum atomic E-state index is -4.54. The molecule has 0 N–H and O–H groups in total. The molecule has 0 radical (unpaired) electrons. The Morgan fingerprint density at radius 1 is 1.46 bits per heavy atom. The quantitative estimate of drug-likeness (QED) is 0.652. The van der Waals surface area contributed by atoms with Crippen LogP contribution < -0.4 is 0 Å². The molecule has 1 heterocycles. The Bertz CT molecular complexity index is 205. The van der Waals surface area contributed by atoms with E-state index in [4.69, 9.17) is 0 Å². The van der Waals surface area contributed by atoms with Crippen molar-refractivity contribution in [2.75, 3.05) is 18.2 Å². The highest BCUT2D eigenvalue weighted by molar-refractivity contribution is 7.99. The minimum Gasteiger partial charge on any atom is -0.327 e. The Labute approximate surface area is 76.3 Å². The van der Waals surface area contributed by atoms with Crippen molar-refractivity contribution < 1.29 is 22.4 Å². The van der Waals surface area contributed by atoms with Gasteiger partial charge in [-0.1, -0.05) is 0 Å². The Morgan fingerprint density at radius 3 is 2.46 bits per heavy atom. The lowest BCUT2D eigenvalue weighted by molar-refractivity contribution is -0.179. The van der Waals surface area contributed by atoms with Gasteiger partial charge in [0.1, 0.15) is 0 Å². The number of rotatable bonds is 2. The number of thioether (sulfide) groups is 1. The van der Waals surface area contributed by atoms with Crippen molar-refractivity contribution in [1.29, 1.82) is 0 Å². The predicted octanol–water partition coefficient (Wildman–Crippen LogP) is 1.42. The van der Waals surface area contributed by atoms with E-state index in [0.717, 1.165) is 4.90 Å². The average Bonchev–Trinajstić information content (AvgIpc) is 2.54. The zero-order valence-corrected chi connectivity index (χ0v) is 7.29. The maximum atomic E-state index is 12.4. The van der Waals surface area contributed by atoms with E-state index >= 15 is 0 Å². The van der Waals surface area contributed by atoms with Crippen LogP contribution in [0.5, 0.6) is 0 Å². The molecule has 0 atom stereocenters. The second-order valence-electron chi connectivity index (χ2n) is 2.53. The van der Waals surface area contributed by atoms with Crippen molar-refractivity contribution >= 4 is 17.7 Å². The second-order valence-corrected chi connectivity index (χ2v) is 3.60. The number of halogens is 4. The first-order valence-corrected chi connectivity index (χ1v) is 4.65. The fourth-order valence-corrected chi connectivity index (χ4v) is 1.82. The number of carbonyl (C=O) groups excluding carboxylic acids is 1. The summed E-state index contributed by atoms with van der Waals surface area (Å²) in [4.78, 5) is 11.5. The normalized spacial score (nSPS) is 18.4. The van der Waals surface area contributed by atoms with Crippen LogP contribution in [0.2, 0.25) is 0 Å². The lowest BCUT2D eigenvalue weighted by atomic mass is 10.3. The van der Waals surface area contributed by atoms with E-state index in [0.29, 0.717) is 5.75 Å². The second kappa shape index (κ2) is 3.73. The van der Waals surface area contributed by atoms with Gasteiger partial charge in [-0.2, -0.15) is 8.78 Å². The van der Waals surface area contributed by atoms with E-state index in [1.165, 1.54) is 11.8 Å². The highest BCUT2D eigenvalue weighted by Crippen LogP contribution is 2.27. The Balaban J connectivity index is 2.64. The molecule has 0 unspecified atom stereocenters. The van der Waals surface area contributed by atoms with E-state index in [9.17, 15) is 22.4 Å². The summed E-state index contributed by atoms with van der Waals surface area (Å²) >= 11 is 1.27. The van der Waals surface area contributed by atoms with Crippen LogP contribution in [0.3, 0.4) is 0 Å². The fourth-order valence-electron chi connectivity index (χ4n) is 0.878. The molecule has 0 aliphatic carbocycles. The van der Waals surface area contributed by atoms with Gasteiger partial charge in [0, 0.05) is 12.3 Å². The largest absolute Gasteiger partial charge is 0.383 e. The molecule has 1 aliphatic heterocycles. The lowest BCUT2D eigenvalue weighted by Gasteiger charge is -2.20. The Hall–Kier alpha value is -0.460. The van der Waals surface area contributed by atoms with E-state index in [1.807, 2.05) is 0 Å². The highest BCUT2D eigenvalue weighted by Gasteiger charge is 2.51. The van der Waals surface area contributed by atoms with Gasteiger partial charge >= 0.3 is 12.3 Å². The highest BCUT2D eigenvalue weighted by atomic mass is 32.2. The number of amides is 1. The van der Waals surface area contributed by atoms with Crippen molar-refractivity contribution in [2.45, 2.75) is 12.3 Å². The maximum Gasteiger partial charge on any atom is 0.383 e. The summed E-state index contributed by atoms with van der Waals surface area (Å²) in [6.45, 7) is 0.117. The number of nitrogens with zero attached hydrogens (tertiary/aromatic N) is 1. The van der Waals surface area contributed by atoms with Gasteiger partial charge in [0.2, 0.25) is 0 Å². The van der Waals surface area contributed by atoms with Crippen molar-refractivity contribution in [3.05, 3.63) is 0 Å². The number of alkyl halides is 4. The molecule has 0 bridgehead atoms. The van der Waals surface area contributed by atoms with Crippen LogP contribution in [0.15, 0.2) is 0 Å². The van der Waals surface area contributed by atoms with Crippen molar-refractivity contribution in [3.8, 4) is 0 Å². The molecular weight excluding hydrogens is 210 g/mol. The zero-order chi connectivity index (χ0) is 10.1. The van der Waals surface area contributed by atoms with Crippen LogP contribution in [0.4, 0.5) is 17.6 Å². The molecule has 0 saturated carbocycles. The third kappa shape index (κ3) is 2.07. The van der Waals surface area contributed by atoms with Crippen LogP contribution in [0.25, 0.3) is 0 Å². The van der Waals surface area contributed by atoms with Crippen molar-refractivity contribution in [3.63, 3.8) is 0 Å². The number of hydrogen-bond donors (Lipinski definition) is 0. The molecule has 1 saturated heterocycles. The van der Waals surface area contributed by atoms with Crippen molar-refractivity contribution in [2.24, 2.45) is 0 Å². The summed E-state index contributed by atoms with van der Waals surface area (Å²) in [5.41, 5.74) is 0. The molecule has 1 fully saturated rings. The first-order valence-electron chi connectivity index (χ1n) is 3.49. The lowest BCUT2D eigenvalue weighted by Crippen LogP contribution is -2.46. The molecule has 0 aromatic carbocycles. The summed E-state index contributed by atoms with van der Waals surface area (Å²) in [5, 5.41) is 0. The van der Waals surface area contributed by atoms with Crippen LogP contribution >= 0.6 is 11.8 Å². The van der Waals surface area contributed by atoms with Gasteiger partial charge < -0.3 is 4.90 Å². The molecule has 1 amide bonds. The van der Waals surface area contributed by atoms with Gasteiger partial charge in [-0.25, -0.2) is 8.78 Å². The summed E-state index contributed by atoms with van der Waals surface area (Å²) < 4.78 is 48.3. The maximum absolute atomic E-state index is 12.4. The molecule has 2 nitrogen and oxygen atoms in total. The third-order valence-electron chi connectivity index (χ3n) is 1.60. The zero-order valence-electron chi connectivity index (χ0n) is 6.47. The minimum absolute atomic E-state index is 0.0706. The van der Waals surface area contributed by atoms with E-state index < -0.39 is 18.3 Å². The van der Waals surface area contributed by atoms with Crippen molar-refractivity contribution in [1.82, 2.24) is 4.90 Å².